The molecule has 20 heavy (non-hydrogen) atoms. The molecule has 4 heteroatoms. The van der Waals surface area contributed by atoms with E-state index in [2.05, 4.69) is 6.92 Å². The van der Waals surface area contributed by atoms with Crippen molar-refractivity contribution in [3.05, 3.63) is 23.3 Å². The molecule has 1 rings (SSSR count). The summed E-state index contributed by atoms with van der Waals surface area (Å²) in [5.41, 5.74) is 0.795. The summed E-state index contributed by atoms with van der Waals surface area (Å²) in [7, 11) is 0. The van der Waals surface area contributed by atoms with E-state index in [1.165, 1.54) is 0 Å². The van der Waals surface area contributed by atoms with Gasteiger partial charge in [0.05, 0.1) is 24.4 Å². The molecule has 0 fully saturated rings. The summed E-state index contributed by atoms with van der Waals surface area (Å²) in [5, 5.41) is 0. The van der Waals surface area contributed by atoms with Crippen LogP contribution in [0.15, 0.2) is 23.3 Å². The number of carbonyl (C=O) groups is 2. The summed E-state index contributed by atoms with van der Waals surface area (Å²) in [5.74, 6) is -0.491. The normalized spacial score (nSPS) is 18.6. The second-order valence-corrected chi connectivity index (χ2v) is 5.04. The molecule has 1 atom stereocenters. The van der Waals surface area contributed by atoms with Gasteiger partial charge in [0.2, 0.25) is 0 Å². The van der Waals surface area contributed by atoms with E-state index in [1.807, 2.05) is 19.9 Å². The Hall–Kier alpha value is -1.58. The van der Waals surface area contributed by atoms with Gasteiger partial charge in [-0.2, -0.15) is 0 Å². The minimum Gasteiger partial charge on any atom is -0.462 e. The fourth-order valence-electron chi connectivity index (χ4n) is 1.92. The molecular weight excluding hydrogens is 256 g/mol. The molecule has 0 aromatic heterocycles. The Morgan fingerprint density at radius 2 is 1.75 bits per heavy atom. The Labute approximate surface area is 120 Å². The largest absolute Gasteiger partial charge is 0.462 e. The standard InChI is InChI=1S/C16H24O4/c1-4-10-19-15(17)13-8-6-12(3)7-9-14(13)16(18)20-11-5-2/h6,8,12H,4-5,7,9-11H2,1-3H3. The zero-order valence-electron chi connectivity index (χ0n) is 12.6. The highest BCUT2D eigenvalue weighted by Gasteiger charge is 2.23. The molecule has 0 saturated heterocycles. The van der Waals surface area contributed by atoms with Crippen LogP contribution in [0.3, 0.4) is 0 Å². The van der Waals surface area contributed by atoms with Crippen molar-refractivity contribution in [2.45, 2.75) is 46.5 Å². The van der Waals surface area contributed by atoms with E-state index < -0.39 is 11.9 Å². The summed E-state index contributed by atoms with van der Waals surface area (Å²) in [6, 6.07) is 0. The van der Waals surface area contributed by atoms with E-state index in [1.54, 1.807) is 6.08 Å². The lowest BCUT2D eigenvalue weighted by molar-refractivity contribution is -0.142. The molecule has 0 aliphatic heterocycles. The summed E-state index contributed by atoms with van der Waals surface area (Å²) in [4.78, 5) is 24.1. The number of esters is 2. The molecular formula is C16H24O4. The number of hydrogen-bond acceptors (Lipinski definition) is 4. The Bertz CT molecular complexity index is 407. The molecule has 112 valence electrons. The fraction of sp³-hybridized carbons (Fsp3) is 0.625. The van der Waals surface area contributed by atoms with Crippen LogP contribution in [-0.2, 0) is 19.1 Å². The second-order valence-electron chi connectivity index (χ2n) is 5.04. The van der Waals surface area contributed by atoms with Gasteiger partial charge in [-0.25, -0.2) is 9.59 Å². The van der Waals surface area contributed by atoms with Gasteiger partial charge in [-0.15, -0.1) is 0 Å². The lowest BCUT2D eigenvalue weighted by Crippen LogP contribution is -2.16. The van der Waals surface area contributed by atoms with E-state index in [-0.39, 0.29) is 0 Å². The van der Waals surface area contributed by atoms with Crippen molar-refractivity contribution in [3.63, 3.8) is 0 Å². The molecule has 0 bridgehead atoms. The van der Waals surface area contributed by atoms with Crippen molar-refractivity contribution in [3.8, 4) is 0 Å². The maximum atomic E-state index is 12.1. The average Bonchev–Trinajstić information content (AvgIpc) is 2.64. The smallest absolute Gasteiger partial charge is 0.338 e. The molecule has 0 heterocycles. The quantitative estimate of drug-likeness (QED) is 0.701. The van der Waals surface area contributed by atoms with E-state index in [0.29, 0.717) is 36.7 Å². The lowest BCUT2D eigenvalue weighted by atomic mass is 10.0. The highest BCUT2D eigenvalue weighted by Crippen LogP contribution is 2.24. The Morgan fingerprint density at radius 3 is 2.35 bits per heavy atom. The summed E-state index contributed by atoms with van der Waals surface area (Å²) < 4.78 is 10.3. The molecule has 0 radical (unpaired) electrons. The second kappa shape index (κ2) is 8.56. The predicted octanol–water partition coefficient (Wildman–Crippen LogP) is 3.18. The molecule has 1 aliphatic carbocycles. The van der Waals surface area contributed by atoms with Crippen LogP contribution in [0.25, 0.3) is 0 Å². The number of ether oxygens (including phenoxy) is 2. The molecule has 0 amide bonds. The van der Waals surface area contributed by atoms with Gasteiger partial charge in [0.15, 0.2) is 0 Å². The van der Waals surface area contributed by atoms with Gasteiger partial charge in [-0.3, -0.25) is 0 Å². The van der Waals surface area contributed by atoms with Crippen molar-refractivity contribution in [1.29, 1.82) is 0 Å². The van der Waals surface area contributed by atoms with Gasteiger partial charge in [0.25, 0.3) is 0 Å². The Balaban J connectivity index is 2.94. The van der Waals surface area contributed by atoms with Crippen LogP contribution in [-0.4, -0.2) is 25.2 Å². The molecule has 0 N–H and O–H groups in total. The highest BCUT2D eigenvalue weighted by atomic mass is 16.5. The van der Waals surface area contributed by atoms with Crippen LogP contribution < -0.4 is 0 Å². The molecule has 0 aromatic rings. The van der Waals surface area contributed by atoms with E-state index >= 15 is 0 Å². The Kier molecular flexibility index (Phi) is 7.05. The van der Waals surface area contributed by atoms with Gasteiger partial charge < -0.3 is 9.47 Å². The first-order valence-electron chi connectivity index (χ1n) is 7.35. The minimum atomic E-state index is -0.430. The van der Waals surface area contributed by atoms with Gasteiger partial charge >= 0.3 is 11.9 Å². The van der Waals surface area contributed by atoms with Gasteiger partial charge in [-0.05, 0) is 31.6 Å². The highest BCUT2D eigenvalue weighted by molar-refractivity contribution is 6.02. The van der Waals surface area contributed by atoms with Crippen LogP contribution in [0.4, 0.5) is 0 Å². The third kappa shape index (κ3) is 4.83. The van der Waals surface area contributed by atoms with Gasteiger partial charge in [-0.1, -0.05) is 32.9 Å². The average molecular weight is 280 g/mol. The molecule has 0 aromatic carbocycles. The number of allylic oxidation sites excluding steroid dienone is 1. The number of hydrogen-bond donors (Lipinski definition) is 0. The van der Waals surface area contributed by atoms with Crippen LogP contribution in [0.1, 0.15) is 46.5 Å². The summed E-state index contributed by atoms with van der Waals surface area (Å²) >= 11 is 0. The van der Waals surface area contributed by atoms with E-state index in [4.69, 9.17) is 9.47 Å². The number of rotatable bonds is 6. The van der Waals surface area contributed by atoms with Crippen molar-refractivity contribution in [1.82, 2.24) is 0 Å². The minimum absolute atomic E-state index is 0.334. The zero-order chi connectivity index (χ0) is 15.0. The third-order valence-electron chi connectivity index (χ3n) is 3.11. The van der Waals surface area contributed by atoms with Crippen LogP contribution in [0, 0.1) is 5.92 Å². The Morgan fingerprint density at radius 1 is 1.15 bits per heavy atom. The van der Waals surface area contributed by atoms with Gasteiger partial charge in [0.1, 0.15) is 0 Å². The topological polar surface area (TPSA) is 52.6 Å². The molecule has 0 spiro atoms. The summed E-state index contributed by atoms with van der Waals surface area (Å²) in [6.07, 6.45) is 6.56. The zero-order valence-corrected chi connectivity index (χ0v) is 12.6. The predicted molar refractivity (Wildman–Crippen MR) is 77.1 cm³/mol. The monoisotopic (exact) mass is 280 g/mol. The molecule has 1 aliphatic rings. The van der Waals surface area contributed by atoms with E-state index in [9.17, 15) is 9.59 Å². The fourth-order valence-corrected chi connectivity index (χ4v) is 1.92. The molecule has 0 saturated carbocycles. The third-order valence-corrected chi connectivity index (χ3v) is 3.11. The van der Waals surface area contributed by atoms with Gasteiger partial charge in [0, 0.05) is 0 Å². The van der Waals surface area contributed by atoms with Crippen molar-refractivity contribution >= 4 is 11.9 Å². The maximum Gasteiger partial charge on any atom is 0.338 e. The van der Waals surface area contributed by atoms with Crippen LogP contribution >= 0.6 is 0 Å². The lowest BCUT2D eigenvalue weighted by Gasteiger charge is -2.11. The molecule has 1 unspecified atom stereocenters. The van der Waals surface area contributed by atoms with E-state index in [0.717, 1.165) is 19.3 Å². The van der Waals surface area contributed by atoms with Crippen LogP contribution in [0.2, 0.25) is 0 Å². The molecule has 4 nitrogen and oxygen atoms in total. The van der Waals surface area contributed by atoms with Crippen molar-refractivity contribution in [2.24, 2.45) is 5.92 Å². The first kappa shape index (κ1) is 16.5. The SMILES string of the molecule is CCCOC(=O)C1=C(C(=O)OCCC)CCC(C)C=C1. The first-order chi connectivity index (χ1) is 9.60. The number of carbonyl (C=O) groups excluding carboxylic acids is 2. The first-order valence-corrected chi connectivity index (χ1v) is 7.35. The van der Waals surface area contributed by atoms with Crippen LogP contribution in [0.5, 0.6) is 0 Å². The maximum absolute atomic E-state index is 12.1. The van der Waals surface area contributed by atoms with Crippen molar-refractivity contribution in [2.75, 3.05) is 13.2 Å². The van der Waals surface area contributed by atoms with Crippen molar-refractivity contribution < 1.29 is 19.1 Å². The summed E-state index contributed by atoms with van der Waals surface area (Å²) in [6.45, 7) is 6.67.